The number of urea groups is 1. The van der Waals surface area contributed by atoms with Gasteiger partial charge in [-0.1, -0.05) is 33.6 Å². The van der Waals surface area contributed by atoms with Crippen molar-refractivity contribution in [2.45, 2.75) is 91.4 Å². The lowest BCUT2D eigenvalue weighted by Crippen LogP contribution is -2.56. The second-order valence-corrected chi connectivity index (χ2v) is 11.8. The number of nitrogens with two attached hydrogens (primary N) is 1. The number of carbonyl (C=O) groups excluding carboxylic acids is 2. The summed E-state index contributed by atoms with van der Waals surface area (Å²) in [6.07, 6.45) is 12.7. The molecule has 0 bridgehead atoms. The van der Waals surface area contributed by atoms with Gasteiger partial charge in [-0.25, -0.2) is 10.2 Å². The van der Waals surface area contributed by atoms with Crippen LogP contribution in [0.3, 0.4) is 0 Å². The molecule has 0 spiro atoms. The first-order chi connectivity index (χ1) is 15.2. The van der Waals surface area contributed by atoms with E-state index in [9.17, 15) is 9.59 Å². The van der Waals surface area contributed by atoms with Crippen LogP contribution in [0.2, 0.25) is 0 Å². The Labute approximate surface area is 193 Å². The number of methoxy groups -OCH3 is 1. The molecule has 0 aromatic carbocycles. The highest BCUT2D eigenvalue weighted by Gasteiger charge is 2.62. The summed E-state index contributed by atoms with van der Waals surface area (Å²) in [6.45, 7) is 7.39. The van der Waals surface area contributed by atoms with Crippen LogP contribution in [-0.4, -0.2) is 24.8 Å². The molecule has 4 aliphatic carbocycles. The van der Waals surface area contributed by atoms with Crippen molar-refractivity contribution < 1.29 is 14.3 Å². The minimum Gasteiger partial charge on any atom is -0.469 e. The minimum atomic E-state index is -0.565. The number of amides is 2. The average molecular weight is 446 g/mol. The van der Waals surface area contributed by atoms with Crippen LogP contribution in [0.25, 0.3) is 0 Å². The second-order valence-electron chi connectivity index (χ2n) is 11.8. The fraction of sp³-hybridized carbons (Fsp3) is 0.885. The number of hydrazone groups is 1. The number of ether oxygens (including phenoxy) is 1. The number of fused-ring (bicyclic) bond motifs is 5. The molecule has 0 aliphatic heterocycles. The molecule has 0 heterocycles. The number of hydrogen-bond donors (Lipinski definition) is 2. The lowest BCUT2D eigenvalue weighted by atomic mass is 9.44. The molecule has 2 amide bonds. The van der Waals surface area contributed by atoms with Crippen molar-refractivity contribution in [3.63, 3.8) is 0 Å². The molecule has 4 saturated carbocycles. The molecule has 0 aromatic heterocycles. The molecule has 0 aromatic rings. The Morgan fingerprint density at radius 1 is 1.12 bits per heavy atom. The highest BCUT2D eigenvalue weighted by molar-refractivity contribution is 5.90. The molecule has 0 unspecified atom stereocenters. The van der Waals surface area contributed by atoms with Crippen LogP contribution in [0.1, 0.15) is 91.4 Å². The highest BCUT2D eigenvalue weighted by atomic mass is 16.5. The van der Waals surface area contributed by atoms with Crippen LogP contribution in [0.15, 0.2) is 5.10 Å². The molecule has 0 radical (unpaired) electrons. The number of carbonyl (C=O) groups is 2. The Morgan fingerprint density at radius 2 is 1.88 bits per heavy atom. The fourth-order valence-corrected chi connectivity index (χ4v) is 8.86. The first-order valence-corrected chi connectivity index (χ1v) is 12.9. The van der Waals surface area contributed by atoms with Gasteiger partial charge in [0, 0.05) is 18.1 Å². The summed E-state index contributed by atoms with van der Waals surface area (Å²) in [6, 6.07) is -0.565. The summed E-state index contributed by atoms with van der Waals surface area (Å²) in [5.41, 5.74) is 9.87. The van der Waals surface area contributed by atoms with Gasteiger partial charge in [0.15, 0.2) is 0 Å². The van der Waals surface area contributed by atoms with Gasteiger partial charge in [-0.2, -0.15) is 5.10 Å². The van der Waals surface area contributed by atoms with Crippen molar-refractivity contribution in [2.75, 3.05) is 7.11 Å². The molecule has 6 heteroatoms. The zero-order valence-electron chi connectivity index (χ0n) is 20.5. The molecule has 6 nitrogen and oxygen atoms in total. The van der Waals surface area contributed by atoms with Gasteiger partial charge in [0.2, 0.25) is 0 Å². The summed E-state index contributed by atoms with van der Waals surface area (Å²) < 4.78 is 4.89. The number of nitrogens with zero attached hydrogens (tertiary/aromatic N) is 1. The Morgan fingerprint density at radius 3 is 2.59 bits per heavy atom. The van der Waals surface area contributed by atoms with E-state index in [1.54, 1.807) is 0 Å². The molecular formula is C26H43N3O3. The monoisotopic (exact) mass is 445 g/mol. The molecule has 32 heavy (non-hydrogen) atoms. The summed E-state index contributed by atoms with van der Waals surface area (Å²) in [5, 5.41) is 4.65. The van der Waals surface area contributed by atoms with E-state index in [2.05, 4.69) is 31.3 Å². The van der Waals surface area contributed by atoms with Gasteiger partial charge in [0.25, 0.3) is 0 Å². The predicted molar refractivity (Wildman–Crippen MR) is 126 cm³/mol. The topological polar surface area (TPSA) is 93.8 Å². The third-order valence-corrected chi connectivity index (χ3v) is 10.5. The van der Waals surface area contributed by atoms with E-state index >= 15 is 0 Å². The lowest BCUT2D eigenvalue weighted by molar-refractivity contribution is -0.141. The number of esters is 1. The van der Waals surface area contributed by atoms with E-state index in [4.69, 9.17) is 10.5 Å². The van der Waals surface area contributed by atoms with Gasteiger partial charge in [-0.3, -0.25) is 4.79 Å². The summed E-state index contributed by atoms with van der Waals surface area (Å²) in [7, 11) is 1.48. The molecule has 8 atom stereocenters. The third-order valence-electron chi connectivity index (χ3n) is 10.5. The number of primary amides is 1. The molecule has 4 fully saturated rings. The van der Waals surface area contributed by atoms with E-state index in [1.807, 2.05) is 0 Å². The zero-order chi connectivity index (χ0) is 23.1. The maximum Gasteiger partial charge on any atom is 0.332 e. The molecule has 4 rings (SSSR count). The lowest BCUT2D eigenvalue weighted by Gasteiger charge is -2.61. The Hall–Kier alpha value is -1.59. The smallest absolute Gasteiger partial charge is 0.332 e. The van der Waals surface area contributed by atoms with Gasteiger partial charge in [0.05, 0.1) is 7.11 Å². The van der Waals surface area contributed by atoms with Crippen molar-refractivity contribution in [3.05, 3.63) is 0 Å². The Kier molecular flexibility index (Phi) is 6.61. The molecule has 180 valence electrons. The Bertz CT molecular complexity index is 767. The van der Waals surface area contributed by atoms with Crippen LogP contribution in [-0.2, 0) is 9.53 Å². The minimum absolute atomic E-state index is 0.101. The number of hydrogen-bond acceptors (Lipinski definition) is 4. The van der Waals surface area contributed by atoms with Crippen LogP contribution in [0.4, 0.5) is 4.79 Å². The first kappa shape index (κ1) is 23.6. The van der Waals surface area contributed by atoms with E-state index in [-0.39, 0.29) is 11.4 Å². The maximum absolute atomic E-state index is 11.7. The van der Waals surface area contributed by atoms with Crippen LogP contribution in [0.5, 0.6) is 0 Å². The zero-order valence-corrected chi connectivity index (χ0v) is 20.5. The van der Waals surface area contributed by atoms with Crippen molar-refractivity contribution in [1.29, 1.82) is 0 Å². The van der Waals surface area contributed by atoms with Gasteiger partial charge in [0.1, 0.15) is 0 Å². The van der Waals surface area contributed by atoms with Crippen LogP contribution < -0.4 is 11.2 Å². The first-order valence-electron chi connectivity index (χ1n) is 12.9. The number of nitrogens with one attached hydrogen (secondary N) is 1. The van der Waals surface area contributed by atoms with Gasteiger partial charge < -0.3 is 10.5 Å². The summed E-state index contributed by atoms with van der Waals surface area (Å²) >= 11 is 0. The van der Waals surface area contributed by atoms with E-state index in [1.165, 1.54) is 64.2 Å². The fourth-order valence-electron chi connectivity index (χ4n) is 8.86. The molecule has 3 N–H and O–H groups in total. The normalized spacial score (nSPS) is 43.0. The highest BCUT2D eigenvalue weighted by Crippen LogP contribution is 2.67. The summed E-state index contributed by atoms with van der Waals surface area (Å²) in [4.78, 5) is 23.2. The van der Waals surface area contributed by atoms with Gasteiger partial charge in [-0.05, 0) is 91.8 Å². The molecule has 0 saturated heterocycles. The van der Waals surface area contributed by atoms with Gasteiger partial charge in [-0.15, -0.1) is 0 Å². The molecule has 4 aliphatic rings. The van der Waals surface area contributed by atoms with Crippen LogP contribution >= 0.6 is 0 Å². The third kappa shape index (κ3) is 3.96. The largest absolute Gasteiger partial charge is 0.469 e. The Balaban J connectivity index is 1.61. The van der Waals surface area contributed by atoms with Crippen LogP contribution in [0, 0.1) is 46.3 Å². The number of rotatable bonds is 5. The molecular weight excluding hydrogens is 402 g/mol. The second kappa shape index (κ2) is 8.98. The van der Waals surface area contributed by atoms with Crippen molar-refractivity contribution in [2.24, 2.45) is 57.2 Å². The van der Waals surface area contributed by atoms with Crippen molar-refractivity contribution >= 4 is 17.7 Å². The quantitative estimate of drug-likeness (QED) is 0.446. The maximum atomic E-state index is 11.7. The average Bonchev–Trinajstić information content (AvgIpc) is 3.12. The van der Waals surface area contributed by atoms with Gasteiger partial charge >= 0.3 is 12.0 Å². The predicted octanol–water partition coefficient (Wildman–Crippen LogP) is 5.26. The van der Waals surface area contributed by atoms with E-state index in [0.717, 1.165) is 12.8 Å². The van der Waals surface area contributed by atoms with Crippen molar-refractivity contribution in [3.8, 4) is 0 Å². The standard InChI is InChI=1S/C26H43N3O3/c1-16(8-11-22(30)32-4)18-9-10-19-23-20(12-14-26(18,19)3)25(2)13-6-5-7-17(25)15-21(23)28-29-24(27)31/h16-20,23H,5-15H2,1-4H3,(H3,27,29,31)/b28-21-/t16-,17-,18+,19-,20-,23+,25-,26+/m0/s1. The van der Waals surface area contributed by atoms with Crippen molar-refractivity contribution in [1.82, 2.24) is 5.43 Å². The SMILES string of the molecule is COC(=O)CC[C@H](C)[C@H]1CC[C@H]2[C@H]3/C(=N\NC(N)=O)C[C@@H]4CCCC[C@]4(C)[C@H]3CC[C@]12C. The van der Waals surface area contributed by atoms with E-state index < -0.39 is 6.03 Å². The van der Waals surface area contributed by atoms with E-state index in [0.29, 0.717) is 47.3 Å². The summed E-state index contributed by atoms with van der Waals surface area (Å²) in [5.74, 6) is 3.39.